The normalized spacial score (nSPS) is 20.1. The summed E-state index contributed by atoms with van der Waals surface area (Å²) in [5, 5.41) is 0. The lowest BCUT2D eigenvalue weighted by molar-refractivity contribution is -0.144. The number of methoxy groups -OCH3 is 1. The summed E-state index contributed by atoms with van der Waals surface area (Å²) in [6, 6.07) is 0. The first-order valence-corrected chi connectivity index (χ1v) is 4.29. The molecule has 1 aliphatic heterocycles. The zero-order valence-corrected chi connectivity index (χ0v) is 8.23. The molecular formula is C9H13NO4. The quantitative estimate of drug-likeness (QED) is 0.609. The van der Waals surface area contributed by atoms with Gasteiger partial charge < -0.3 is 14.4 Å². The van der Waals surface area contributed by atoms with Crippen molar-refractivity contribution in [3.8, 4) is 0 Å². The third-order valence-electron chi connectivity index (χ3n) is 1.90. The largest absolute Gasteiger partial charge is 0.457 e. The number of carbonyl (C=O) groups is 2. The Bertz CT molecular complexity index is 262. The van der Waals surface area contributed by atoms with E-state index in [0.717, 1.165) is 0 Å². The average Bonchev–Trinajstić information content (AvgIpc) is 2.16. The van der Waals surface area contributed by atoms with Crippen molar-refractivity contribution in [1.82, 2.24) is 4.90 Å². The molecule has 0 saturated carbocycles. The first-order chi connectivity index (χ1) is 6.63. The van der Waals surface area contributed by atoms with Crippen molar-refractivity contribution in [3.05, 3.63) is 12.2 Å². The molecule has 0 aromatic heterocycles. The zero-order valence-electron chi connectivity index (χ0n) is 8.23. The van der Waals surface area contributed by atoms with Gasteiger partial charge in [-0.25, -0.2) is 9.59 Å². The number of cyclic esters (lactones) is 1. The third-order valence-corrected chi connectivity index (χ3v) is 1.90. The van der Waals surface area contributed by atoms with Crippen LogP contribution in [0.15, 0.2) is 12.2 Å². The summed E-state index contributed by atoms with van der Waals surface area (Å²) in [4.78, 5) is 23.2. The van der Waals surface area contributed by atoms with Gasteiger partial charge in [-0.2, -0.15) is 0 Å². The number of ether oxygens (including phenoxy) is 2. The highest BCUT2D eigenvalue weighted by Gasteiger charge is 2.20. The monoisotopic (exact) mass is 199 g/mol. The van der Waals surface area contributed by atoms with Crippen LogP contribution in [0.5, 0.6) is 0 Å². The lowest BCUT2D eigenvalue weighted by Gasteiger charge is -2.23. The molecule has 1 amide bonds. The highest BCUT2D eigenvalue weighted by atomic mass is 16.6. The molecule has 0 N–H and O–H groups in total. The molecule has 0 radical (unpaired) electrons. The van der Waals surface area contributed by atoms with E-state index in [0.29, 0.717) is 13.0 Å². The second-order valence-electron chi connectivity index (χ2n) is 3.05. The van der Waals surface area contributed by atoms with Crippen molar-refractivity contribution in [2.24, 2.45) is 0 Å². The van der Waals surface area contributed by atoms with Gasteiger partial charge in [-0.1, -0.05) is 6.08 Å². The summed E-state index contributed by atoms with van der Waals surface area (Å²) in [6.07, 6.45) is 3.05. The van der Waals surface area contributed by atoms with Crippen molar-refractivity contribution in [3.63, 3.8) is 0 Å². The van der Waals surface area contributed by atoms with E-state index in [1.54, 1.807) is 13.1 Å². The SMILES string of the molecule is COC(=O)N(C)C[C@H]1CC=CC(=O)O1. The van der Waals surface area contributed by atoms with Gasteiger partial charge in [-0.15, -0.1) is 0 Å². The minimum absolute atomic E-state index is 0.267. The number of esters is 1. The zero-order chi connectivity index (χ0) is 10.6. The summed E-state index contributed by atoms with van der Waals surface area (Å²) in [5.41, 5.74) is 0. The van der Waals surface area contributed by atoms with E-state index < -0.39 is 6.09 Å². The molecule has 1 heterocycles. The Morgan fingerprint density at radius 1 is 1.79 bits per heavy atom. The van der Waals surface area contributed by atoms with Crippen LogP contribution in [0.2, 0.25) is 0 Å². The van der Waals surface area contributed by atoms with Gasteiger partial charge in [0.05, 0.1) is 13.7 Å². The van der Waals surface area contributed by atoms with Crippen LogP contribution < -0.4 is 0 Å². The van der Waals surface area contributed by atoms with Gasteiger partial charge in [-0.3, -0.25) is 0 Å². The second-order valence-corrected chi connectivity index (χ2v) is 3.05. The van der Waals surface area contributed by atoms with E-state index in [-0.39, 0.29) is 12.1 Å². The molecule has 1 aliphatic rings. The van der Waals surface area contributed by atoms with Gasteiger partial charge in [0, 0.05) is 19.5 Å². The number of nitrogens with zero attached hydrogens (tertiary/aromatic N) is 1. The topological polar surface area (TPSA) is 55.8 Å². The fraction of sp³-hybridized carbons (Fsp3) is 0.556. The van der Waals surface area contributed by atoms with Crippen molar-refractivity contribution in [2.45, 2.75) is 12.5 Å². The summed E-state index contributed by atoms with van der Waals surface area (Å²) >= 11 is 0. The fourth-order valence-corrected chi connectivity index (χ4v) is 1.22. The van der Waals surface area contributed by atoms with E-state index in [2.05, 4.69) is 4.74 Å². The maximum atomic E-state index is 11.0. The van der Waals surface area contributed by atoms with E-state index in [1.807, 2.05) is 0 Å². The predicted molar refractivity (Wildman–Crippen MR) is 48.7 cm³/mol. The maximum absolute atomic E-state index is 11.0. The van der Waals surface area contributed by atoms with Crippen LogP contribution in [-0.2, 0) is 14.3 Å². The lowest BCUT2D eigenvalue weighted by Crippen LogP contribution is -2.37. The van der Waals surface area contributed by atoms with Crippen molar-refractivity contribution >= 4 is 12.1 Å². The first-order valence-electron chi connectivity index (χ1n) is 4.29. The number of hydrogen-bond donors (Lipinski definition) is 0. The molecule has 5 nitrogen and oxygen atoms in total. The maximum Gasteiger partial charge on any atom is 0.409 e. The highest BCUT2D eigenvalue weighted by Crippen LogP contribution is 2.08. The van der Waals surface area contributed by atoms with Crippen LogP contribution in [0, 0.1) is 0 Å². The Morgan fingerprint density at radius 2 is 2.50 bits per heavy atom. The molecule has 0 spiro atoms. The average molecular weight is 199 g/mol. The number of amides is 1. The van der Waals surface area contributed by atoms with E-state index in [9.17, 15) is 9.59 Å². The van der Waals surface area contributed by atoms with E-state index in [4.69, 9.17) is 4.74 Å². The fourth-order valence-electron chi connectivity index (χ4n) is 1.22. The predicted octanol–water partition coefficient (Wildman–Crippen LogP) is 0.556. The van der Waals surface area contributed by atoms with E-state index >= 15 is 0 Å². The third kappa shape index (κ3) is 2.76. The summed E-state index contributed by atoms with van der Waals surface area (Å²) in [5.74, 6) is -0.362. The molecule has 0 aliphatic carbocycles. The number of carbonyl (C=O) groups excluding carboxylic acids is 2. The van der Waals surface area contributed by atoms with Crippen molar-refractivity contribution < 1.29 is 19.1 Å². The minimum Gasteiger partial charge on any atom is -0.457 e. The molecule has 0 aromatic rings. The number of likely N-dealkylation sites (N-methyl/N-ethyl adjacent to an activating group) is 1. The molecule has 0 saturated heterocycles. The Balaban J connectivity index is 2.41. The molecule has 1 rings (SSSR count). The van der Waals surface area contributed by atoms with Crippen LogP contribution >= 0.6 is 0 Å². The lowest BCUT2D eigenvalue weighted by atomic mass is 10.2. The Labute approximate surface area is 82.3 Å². The van der Waals surface area contributed by atoms with Gasteiger partial charge in [0.25, 0.3) is 0 Å². The molecule has 5 heteroatoms. The molecule has 78 valence electrons. The molecular weight excluding hydrogens is 186 g/mol. The molecule has 0 bridgehead atoms. The Kier molecular flexibility index (Phi) is 3.50. The molecule has 14 heavy (non-hydrogen) atoms. The summed E-state index contributed by atoms with van der Waals surface area (Å²) in [6.45, 7) is 0.350. The van der Waals surface area contributed by atoms with Gasteiger partial charge in [-0.05, 0) is 0 Å². The van der Waals surface area contributed by atoms with Crippen LogP contribution in [0.4, 0.5) is 4.79 Å². The Morgan fingerprint density at radius 3 is 3.07 bits per heavy atom. The molecule has 0 unspecified atom stereocenters. The molecule has 0 aromatic carbocycles. The van der Waals surface area contributed by atoms with Gasteiger partial charge >= 0.3 is 12.1 Å². The Hall–Kier alpha value is -1.52. The van der Waals surface area contributed by atoms with Crippen LogP contribution in [0.1, 0.15) is 6.42 Å². The highest BCUT2D eigenvalue weighted by molar-refractivity contribution is 5.82. The van der Waals surface area contributed by atoms with E-state index in [1.165, 1.54) is 18.1 Å². The smallest absolute Gasteiger partial charge is 0.409 e. The molecule has 1 atom stereocenters. The van der Waals surface area contributed by atoms with Gasteiger partial charge in [0.15, 0.2) is 0 Å². The number of rotatable bonds is 2. The van der Waals surface area contributed by atoms with Crippen molar-refractivity contribution in [2.75, 3.05) is 20.7 Å². The second kappa shape index (κ2) is 4.64. The van der Waals surface area contributed by atoms with Crippen LogP contribution in [0.3, 0.4) is 0 Å². The summed E-state index contributed by atoms with van der Waals surface area (Å²) < 4.78 is 9.49. The van der Waals surface area contributed by atoms with Gasteiger partial charge in [0.2, 0.25) is 0 Å². The number of hydrogen-bond acceptors (Lipinski definition) is 4. The van der Waals surface area contributed by atoms with Crippen molar-refractivity contribution in [1.29, 1.82) is 0 Å². The van der Waals surface area contributed by atoms with Gasteiger partial charge in [0.1, 0.15) is 6.10 Å². The first kappa shape index (κ1) is 10.6. The van der Waals surface area contributed by atoms with Crippen LogP contribution in [-0.4, -0.2) is 43.8 Å². The molecule has 0 fully saturated rings. The standard InChI is InChI=1S/C9H13NO4/c1-10(9(12)13-2)6-7-4-3-5-8(11)14-7/h3,5,7H,4,6H2,1-2H3/t7-/m1/s1. The minimum atomic E-state index is -0.435. The summed E-state index contributed by atoms with van der Waals surface area (Å²) in [7, 11) is 2.91. The van der Waals surface area contributed by atoms with Crippen LogP contribution in [0.25, 0.3) is 0 Å².